The number of nitrogens with one attached hydrogen (secondary N) is 1. The van der Waals surface area contributed by atoms with Gasteiger partial charge in [-0.05, 0) is 12.1 Å². The Morgan fingerprint density at radius 1 is 1.50 bits per heavy atom. The number of methoxy groups -OCH3 is 1. The standard InChI is InChI=1S/C13H20N2O3/c1-13(2,8-16)7-15-12(17)9-5-4-6-10(18-3)11(9)14/h4-6,16H,7-8,14H2,1-3H3,(H,15,17). The highest BCUT2D eigenvalue weighted by Gasteiger charge is 2.19. The largest absolute Gasteiger partial charge is 0.495 e. The molecule has 0 aliphatic heterocycles. The highest BCUT2D eigenvalue weighted by atomic mass is 16.5. The van der Waals surface area contributed by atoms with Gasteiger partial charge in [-0.2, -0.15) is 0 Å². The highest BCUT2D eigenvalue weighted by Crippen LogP contribution is 2.24. The normalized spacial score (nSPS) is 11.1. The average Bonchev–Trinajstić information content (AvgIpc) is 2.36. The van der Waals surface area contributed by atoms with Crippen LogP contribution in [-0.2, 0) is 0 Å². The molecule has 0 atom stereocenters. The third-order valence-electron chi connectivity index (χ3n) is 2.69. The second-order valence-electron chi connectivity index (χ2n) is 4.93. The van der Waals surface area contributed by atoms with Gasteiger partial charge in [0.25, 0.3) is 5.91 Å². The van der Waals surface area contributed by atoms with Crippen molar-refractivity contribution in [2.45, 2.75) is 13.8 Å². The summed E-state index contributed by atoms with van der Waals surface area (Å²) in [6.07, 6.45) is 0. The number of nitrogen functional groups attached to an aromatic ring is 1. The summed E-state index contributed by atoms with van der Waals surface area (Å²) in [7, 11) is 1.50. The van der Waals surface area contributed by atoms with Crippen LogP contribution in [0.15, 0.2) is 18.2 Å². The molecule has 5 nitrogen and oxygen atoms in total. The van der Waals surface area contributed by atoms with Crippen molar-refractivity contribution in [2.75, 3.05) is 26.0 Å². The zero-order valence-corrected chi connectivity index (χ0v) is 11.0. The van der Waals surface area contributed by atoms with E-state index in [-0.39, 0.29) is 17.9 Å². The third kappa shape index (κ3) is 3.37. The van der Waals surface area contributed by atoms with Crippen LogP contribution in [0.2, 0.25) is 0 Å². The van der Waals surface area contributed by atoms with Crippen LogP contribution in [0, 0.1) is 5.41 Å². The molecule has 0 aliphatic rings. The summed E-state index contributed by atoms with van der Waals surface area (Å²) in [5.41, 5.74) is 6.17. The van der Waals surface area contributed by atoms with Gasteiger partial charge in [-0.3, -0.25) is 4.79 Å². The number of nitrogens with two attached hydrogens (primary N) is 1. The fourth-order valence-electron chi connectivity index (χ4n) is 1.39. The van der Waals surface area contributed by atoms with Crippen molar-refractivity contribution in [3.63, 3.8) is 0 Å². The van der Waals surface area contributed by atoms with E-state index in [0.717, 1.165) is 0 Å². The van der Waals surface area contributed by atoms with Gasteiger partial charge < -0.3 is 20.9 Å². The molecule has 0 spiro atoms. The van der Waals surface area contributed by atoms with Crippen LogP contribution in [-0.4, -0.2) is 31.3 Å². The highest BCUT2D eigenvalue weighted by molar-refractivity contribution is 6.00. The van der Waals surface area contributed by atoms with Gasteiger partial charge in [-0.1, -0.05) is 19.9 Å². The molecule has 0 bridgehead atoms. The smallest absolute Gasteiger partial charge is 0.253 e. The van der Waals surface area contributed by atoms with Crippen LogP contribution in [0.25, 0.3) is 0 Å². The molecule has 100 valence electrons. The second-order valence-corrected chi connectivity index (χ2v) is 4.93. The number of aliphatic hydroxyl groups is 1. The first kappa shape index (κ1) is 14.3. The van der Waals surface area contributed by atoms with E-state index in [2.05, 4.69) is 5.32 Å². The molecule has 1 aromatic carbocycles. The summed E-state index contributed by atoms with van der Waals surface area (Å²) in [4.78, 5) is 12.0. The topological polar surface area (TPSA) is 84.6 Å². The first-order valence-corrected chi connectivity index (χ1v) is 5.73. The van der Waals surface area contributed by atoms with Crippen LogP contribution in [0.1, 0.15) is 24.2 Å². The van der Waals surface area contributed by atoms with Gasteiger partial charge in [0, 0.05) is 18.6 Å². The van der Waals surface area contributed by atoms with Gasteiger partial charge in [-0.15, -0.1) is 0 Å². The Balaban J connectivity index is 2.79. The number of carbonyl (C=O) groups excluding carboxylic acids is 1. The Labute approximate surface area is 107 Å². The summed E-state index contributed by atoms with van der Waals surface area (Å²) in [5.74, 6) is 0.206. The number of ether oxygens (including phenoxy) is 1. The number of anilines is 1. The van der Waals surface area contributed by atoms with Gasteiger partial charge in [0.05, 0.1) is 18.4 Å². The summed E-state index contributed by atoms with van der Waals surface area (Å²) < 4.78 is 5.06. The van der Waals surface area contributed by atoms with E-state index in [4.69, 9.17) is 15.6 Å². The van der Waals surface area contributed by atoms with Crippen LogP contribution < -0.4 is 15.8 Å². The minimum absolute atomic E-state index is 0.000866. The molecule has 0 unspecified atom stereocenters. The molecule has 0 saturated carbocycles. The van der Waals surface area contributed by atoms with E-state index >= 15 is 0 Å². The number of benzene rings is 1. The molecular formula is C13H20N2O3. The fourth-order valence-corrected chi connectivity index (χ4v) is 1.39. The van der Waals surface area contributed by atoms with Gasteiger partial charge >= 0.3 is 0 Å². The quantitative estimate of drug-likeness (QED) is 0.683. The zero-order valence-electron chi connectivity index (χ0n) is 11.0. The molecule has 0 aromatic heterocycles. The zero-order chi connectivity index (χ0) is 13.8. The van der Waals surface area contributed by atoms with Gasteiger partial charge in [0.2, 0.25) is 0 Å². The van der Waals surface area contributed by atoms with Gasteiger partial charge in [-0.25, -0.2) is 0 Å². The van der Waals surface area contributed by atoms with E-state index < -0.39 is 0 Å². The third-order valence-corrected chi connectivity index (χ3v) is 2.69. The van der Waals surface area contributed by atoms with E-state index in [1.54, 1.807) is 18.2 Å². The number of aliphatic hydroxyl groups excluding tert-OH is 1. The number of carbonyl (C=O) groups is 1. The lowest BCUT2D eigenvalue weighted by Crippen LogP contribution is -2.36. The summed E-state index contributed by atoms with van der Waals surface area (Å²) in [5, 5.41) is 11.9. The lowest BCUT2D eigenvalue weighted by atomic mass is 9.95. The summed E-state index contributed by atoms with van der Waals surface area (Å²) >= 11 is 0. The second kappa shape index (κ2) is 5.73. The van der Waals surface area contributed by atoms with Crippen molar-refractivity contribution in [1.82, 2.24) is 5.32 Å². The lowest BCUT2D eigenvalue weighted by molar-refractivity contribution is 0.0911. The molecule has 0 heterocycles. The molecule has 18 heavy (non-hydrogen) atoms. The van der Waals surface area contributed by atoms with Crippen LogP contribution in [0.5, 0.6) is 5.75 Å². The molecular weight excluding hydrogens is 232 g/mol. The molecule has 0 saturated heterocycles. The Morgan fingerprint density at radius 3 is 2.72 bits per heavy atom. The maximum absolute atomic E-state index is 12.0. The van der Waals surface area contributed by atoms with E-state index in [1.807, 2.05) is 13.8 Å². The number of para-hydroxylation sites is 1. The SMILES string of the molecule is COc1cccc(C(=O)NCC(C)(C)CO)c1N. The van der Waals surface area contributed by atoms with E-state index in [9.17, 15) is 4.79 Å². The van der Waals surface area contributed by atoms with E-state index in [1.165, 1.54) is 7.11 Å². The first-order valence-electron chi connectivity index (χ1n) is 5.73. The number of amides is 1. The molecule has 0 fully saturated rings. The van der Waals surface area contributed by atoms with Crippen LogP contribution in [0.3, 0.4) is 0 Å². The number of hydrogen-bond donors (Lipinski definition) is 3. The summed E-state index contributed by atoms with van der Waals surface area (Å²) in [6, 6.07) is 5.05. The molecule has 4 N–H and O–H groups in total. The fraction of sp³-hybridized carbons (Fsp3) is 0.462. The molecule has 1 rings (SSSR count). The molecule has 1 amide bonds. The molecule has 1 aromatic rings. The minimum atomic E-state index is -0.358. The van der Waals surface area contributed by atoms with Crippen molar-refractivity contribution in [1.29, 1.82) is 0 Å². The van der Waals surface area contributed by atoms with Crippen molar-refractivity contribution < 1.29 is 14.6 Å². The summed E-state index contributed by atoms with van der Waals surface area (Å²) in [6.45, 7) is 4.10. The molecule has 0 radical (unpaired) electrons. The maximum atomic E-state index is 12.0. The number of rotatable bonds is 5. The van der Waals surface area contributed by atoms with Gasteiger partial charge in [0.15, 0.2) is 0 Å². The van der Waals surface area contributed by atoms with Crippen LogP contribution in [0.4, 0.5) is 5.69 Å². The Bertz CT molecular complexity index is 430. The Kier molecular flexibility index (Phi) is 4.55. The maximum Gasteiger partial charge on any atom is 0.253 e. The monoisotopic (exact) mass is 252 g/mol. The first-order chi connectivity index (χ1) is 8.41. The molecule has 0 aliphatic carbocycles. The molecule has 5 heteroatoms. The lowest BCUT2D eigenvalue weighted by Gasteiger charge is -2.22. The predicted octanol–water partition coefficient (Wildman–Crippen LogP) is 1.03. The van der Waals surface area contributed by atoms with Crippen molar-refractivity contribution in [3.05, 3.63) is 23.8 Å². The predicted molar refractivity (Wildman–Crippen MR) is 70.6 cm³/mol. The van der Waals surface area contributed by atoms with Crippen molar-refractivity contribution in [2.24, 2.45) is 5.41 Å². The number of hydrogen-bond acceptors (Lipinski definition) is 4. The van der Waals surface area contributed by atoms with E-state index in [0.29, 0.717) is 23.5 Å². The van der Waals surface area contributed by atoms with Crippen LogP contribution >= 0.6 is 0 Å². The van der Waals surface area contributed by atoms with Crippen molar-refractivity contribution >= 4 is 11.6 Å². The minimum Gasteiger partial charge on any atom is -0.495 e. The average molecular weight is 252 g/mol. The Hall–Kier alpha value is -1.75. The van der Waals surface area contributed by atoms with Crippen molar-refractivity contribution in [3.8, 4) is 5.75 Å². The Morgan fingerprint density at radius 2 is 2.17 bits per heavy atom. The van der Waals surface area contributed by atoms with Gasteiger partial charge in [0.1, 0.15) is 5.75 Å².